The lowest BCUT2D eigenvalue weighted by atomic mass is 9.60. The molecule has 2 aromatic heterocycles. The van der Waals surface area contributed by atoms with Gasteiger partial charge in [-0.3, -0.25) is 4.57 Å². The van der Waals surface area contributed by atoms with Gasteiger partial charge in [0.15, 0.2) is 11.2 Å². The number of rotatable bonds is 6. The third-order valence-corrected chi connectivity index (χ3v) is 7.98. The molecule has 0 aliphatic carbocycles. The molecule has 39 heavy (non-hydrogen) atoms. The van der Waals surface area contributed by atoms with Crippen molar-refractivity contribution in [2.24, 2.45) is 0 Å². The highest BCUT2D eigenvalue weighted by Gasteiger charge is 2.75. The molecule has 3 aromatic carbocycles. The highest BCUT2D eigenvalue weighted by atomic mass is 35.5. The summed E-state index contributed by atoms with van der Waals surface area (Å²) >= 11 is 7.09. The van der Waals surface area contributed by atoms with E-state index in [1.165, 1.54) is 10.9 Å². The number of hydrogen-bond donors (Lipinski definition) is 4. The predicted molar refractivity (Wildman–Crippen MR) is 143 cm³/mol. The summed E-state index contributed by atoms with van der Waals surface area (Å²) in [4.78, 5) is 12.5. The van der Waals surface area contributed by atoms with Gasteiger partial charge >= 0.3 is 0 Å². The van der Waals surface area contributed by atoms with Crippen molar-refractivity contribution in [1.82, 2.24) is 19.5 Å². The lowest BCUT2D eigenvalue weighted by Gasteiger charge is -2.53. The molecule has 4 N–H and O–H groups in total. The normalized spacial score (nSPS) is 25.2. The average molecular weight is 545 g/mol. The predicted octanol–water partition coefficient (Wildman–Crippen LogP) is 2.90. The van der Waals surface area contributed by atoms with Crippen molar-refractivity contribution in [2.75, 3.05) is 6.61 Å². The maximum atomic E-state index is 12.3. The Kier molecular flexibility index (Phi) is 6.13. The van der Waals surface area contributed by atoms with Crippen molar-refractivity contribution in [3.05, 3.63) is 120 Å². The van der Waals surface area contributed by atoms with Crippen LogP contribution in [0.4, 0.5) is 0 Å². The van der Waals surface area contributed by atoms with E-state index in [9.17, 15) is 20.4 Å². The van der Waals surface area contributed by atoms with E-state index in [0.717, 1.165) is 6.33 Å². The second-order valence-corrected chi connectivity index (χ2v) is 10.0. The number of halogens is 1. The molecule has 5 aromatic rings. The first-order valence-electron chi connectivity index (χ1n) is 12.3. The Morgan fingerprint density at radius 3 is 1.82 bits per heavy atom. The van der Waals surface area contributed by atoms with Gasteiger partial charge in [0, 0.05) is 0 Å². The molecular formula is C29H25ClN4O5. The van der Waals surface area contributed by atoms with Crippen LogP contribution in [0.5, 0.6) is 5.88 Å². The molecule has 198 valence electrons. The van der Waals surface area contributed by atoms with Crippen LogP contribution in [0.25, 0.3) is 11.2 Å². The fourth-order valence-electron chi connectivity index (χ4n) is 5.91. The fraction of sp³-hybridized carbons (Fsp3) is 0.207. The van der Waals surface area contributed by atoms with Crippen molar-refractivity contribution >= 4 is 22.8 Å². The quantitative estimate of drug-likeness (QED) is 0.189. The monoisotopic (exact) mass is 544 g/mol. The van der Waals surface area contributed by atoms with Crippen LogP contribution in [0.2, 0.25) is 0 Å². The van der Waals surface area contributed by atoms with Crippen molar-refractivity contribution in [1.29, 1.82) is 0 Å². The average Bonchev–Trinajstić information content (AvgIpc) is 3.49. The standard InChI is InChI=1S/C29H25ClN4O5/c30-28(38)24(36)22(16-35)39-29(28,34-18-33-23-25(34)31-17-32-26(23)37)27(19-10-4-1-5-11-19,20-12-6-2-7-13-20)21-14-8-3-9-15-21/h1-15,17-18,22,24,35-36,38H,16H2,(H,31,32,37)/t22-,24-,28-,29-/m1/s1. The topological polar surface area (TPSA) is 134 Å². The molecule has 1 aliphatic rings. The highest BCUT2D eigenvalue weighted by molar-refractivity contribution is 6.24. The van der Waals surface area contributed by atoms with Gasteiger partial charge in [0.2, 0.25) is 16.7 Å². The number of aliphatic hydroxyl groups excluding tert-OH is 2. The van der Waals surface area contributed by atoms with Gasteiger partial charge < -0.3 is 25.2 Å². The number of benzene rings is 3. The SMILES string of the molecule is OC[C@H]1O[C@](n2cnc3c(O)ncnc32)(C(c2ccccc2)(c2ccccc2)c2ccccc2)[C@@](O)(Cl)[C@@H]1O. The minimum absolute atomic E-state index is 0.0398. The molecule has 0 amide bonds. The number of alkyl halides is 1. The summed E-state index contributed by atoms with van der Waals surface area (Å²) in [6, 6.07) is 28.0. The fourth-order valence-corrected chi connectivity index (χ4v) is 6.33. The number of hydrogen-bond acceptors (Lipinski definition) is 8. The lowest BCUT2D eigenvalue weighted by molar-refractivity contribution is -0.190. The number of aliphatic hydroxyl groups is 3. The summed E-state index contributed by atoms with van der Waals surface area (Å²) in [5.41, 5.74) is -1.50. The van der Waals surface area contributed by atoms with E-state index in [4.69, 9.17) is 16.3 Å². The van der Waals surface area contributed by atoms with E-state index in [-0.39, 0.29) is 17.0 Å². The summed E-state index contributed by atoms with van der Waals surface area (Å²) in [5, 5.41) is 41.9. The summed E-state index contributed by atoms with van der Waals surface area (Å²) in [6.07, 6.45) is -0.549. The molecular weight excluding hydrogens is 520 g/mol. The zero-order valence-electron chi connectivity index (χ0n) is 20.5. The van der Waals surface area contributed by atoms with E-state index >= 15 is 0 Å². The van der Waals surface area contributed by atoms with Crippen LogP contribution in [-0.2, 0) is 15.9 Å². The van der Waals surface area contributed by atoms with Gasteiger partial charge in [-0.15, -0.1) is 0 Å². The summed E-state index contributed by atoms with van der Waals surface area (Å²) < 4.78 is 8.07. The Balaban J connectivity index is 1.88. The molecule has 0 spiro atoms. The summed E-state index contributed by atoms with van der Waals surface area (Å²) in [6.45, 7) is -0.640. The Bertz CT molecular complexity index is 1500. The number of aromatic hydroxyl groups is 1. The van der Waals surface area contributed by atoms with Gasteiger partial charge in [-0.25, -0.2) is 9.97 Å². The third-order valence-electron chi connectivity index (χ3n) is 7.50. The molecule has 0 saturated carbocycles. The van der Waals surface area contributed by atoms with E-state index in [1.54, 1.807) is 0 Å². The van der Waals surface area contributed by atoms with Crippen LogP contribution in [0.1, 0.15) is 16.7 Å². The molecule has 0 bridgehead atoms. The molecule has 10 heteroatoms. The van der Waals surface area contributed by atoms with Crippen LogP contribution < -0.4 is 0 Å². The molecule has 6 rings (SSSR count). The minimum atomic E-state index is -2.57. The van der Waals surface area contributed by atoms with Crippen LogP contribution in [0, 0.1) is 0 Å². The highest BCUT2D eigenvalue weighted by Crippen LogP contribution is 2.62. The Hall–Kier alpha value is -3.86. The van der Waals surface area contributed by atoms with Crippen LogP contribution >= 0.6 is 11.6 Å². The first kappa shape index (κ1) is 25.4. The first-order valence-corrected chi connectivity index (χ1v) is 12.7. The molecule has 0 unspecified atom stereocenters. The number of fused-ring (bicyclic) bond motifs is 1. The number of imidazole rings is 1. The summed E-state index contributed by atoms with van der Waals surface area (Å²) in [7, 11) is 0. The Morgan fingerprint density at radius 2 is 1.36 bits per heavy atom. The van der Waals surface area contributed by atoms with Gasteiger partial charge in [-0.2, -0.15) is 4.98 Å². The zero-order valence-corrected chi connectivity index (χ0v) is 21.3. The maximum Gasteiger partial charge on any atom is 0.242 e. The van der Waals surface area contributed by atoms with Gasteiger partial charge in [0.05, 0.1) is 18.3 Å². The number of ether oxygens (including phenoxy) is 1. The van der Waals surface area contributed by atoms with E-state index in [2.05, 4.69) is 15.0 Å². The molecule has 9 nitrogen and oxygen atoms in total. The van der Waals surface area contributed by atoms with Gasteiger partial charge in [0.1, 0.15) is 18.5 Å². The minimum Gasteiger partial charge on any atom is -0.492 e. The second kappa shape index (κ2) is 9.41. The van der Waals surface area contributed by atoms with Crippen LogP contribution in [0.3, 0.4) is 0 Å². The van der Waals surface area contributed by atoms with Gasteiger partial charge in [-0.05, 0) is 16.7 Å². The largest absolute Gasteiger partial charge is 0.492 e. The Labute approximate surface area is 228 Å². The van der Waals surface area contributed by atoms with E-state index in [1.807, 2.05) is 91.0 Å². The van der Waals surface area contributed by atoms with Crippen molar-refractivity contribution < 1.29 is 25.2 Å². The van der Waals surface area contributed by atoms with E-state index in [0.29, 0.717) is 16.7 Å². The second-order valence-electron chi connectivity index (χ2n) is 9.43. The molecule has 1 saturated heterocycles. The maximum absolute atomic E-state index is 12.3. The smallest absolute Gasteiger partial charge is 0.242 e. The Morgan fingerprint density at radius 1 is 0.846 bits per heavy atom. The van der Waals surface area contributed by atoms with Crippen LogP contribution in [-0.4, -0.2) is 63.8 Å². The number of nitrogens with zero attached hydrogens (tertiary/aromatic N) is 4. The molecule has 0 radical (unpaired) electrons. The molecule has 4 atom stereocenters. The summed E-state index contributed by atoms with van der Waals surface area (Å²) in [5.74, 6) is -0.381. The number of aromatic nitrogens is 4. The molecule has 1 fully saturated rings. The first-order chi connectivity index (χ1) is 18.9. The molecule has 1 aliphatic heterocycles. The van der Waals surface area contributed by atoms with Gasteiger partial charge in [0.25, 0.3) is 0 Å². The van der Waals surface area contributed by atoms with Crippen molar-refractivity contribution in [3.8, 4) is 5.88 Å². The van der Waals surface area contributed by atoms with E-state index < -0.39 is 35.0 Å². The lowest BCUT2D eigenvalue weighted by Crippen LogP contribution is -2.65. The van der Waals surface area contributed by atoms with Crippen molar-refractivity contribution in [3.63, 3.8) is 0 Å². The van der Waals surface area contributed by atoms with Crippen LogP contribution in [0.15, 0.2) is 104 Å². The molecule has 3 heterocycles. The van der Waals surface area contributed by atoms with Gasteiger partial charge in [-0.1, -0.05) is 103 Å². The zero-order chi connectivity index (χ0) is 27.3. The van der Waals surface area contributed by atoms with Crippen molar-refractivity contribution in [2.45, 2.75) is 28.4 Å². The third kappa shape index (κ3) is 3.38.